The van der Waals surface area contributed by atoms with E-state index >= 15 is 0 Å². The third kappa shape index (κ3) is 7.93. The first-order valence-corrected chi connectivity index (χ1v) is 8.47. The maximum atomic E-state index is 11.4. The van der Waals surface area contributed by atoms with Crippen LogP contribution in [-0.4, -0.2) is 42.2 Å². The lowest BCUT2D eigenvalue weighted by molar-refractivity contribution is 0.596. The Morgan fingerprint density at radius 1 is 1.40 bits per heavy atom. The molecule has 0 aliphatic carbocycles. The molecule has 0 radical (unpaired) electrons. The van der Waals surface area contributed by atoms with Crippen molar-refractivity contribution >= 4 is 20.6 Å². The van der Waals surface area contributed by atoms with Crippen molar-refractivity contribution in [2.45, 2.75) is 20.3 Å². The van der Waals surface area contributed by atoms with Gasteiger partial charge in [-0.1, -0.05) is 13.8 Å². The number of hydrogen-bond donors (Lipinski definition) is 1. The average Bonchev–Trinajstić information content (AvgIpc) is 2.17. The number of hydrogen-bond acceptors (Lipinski definition) is 4. The van der Waals surface area contributed by atoms with Gasteiger partial charge >= 0.3 is 0 Å². The summed E-state index contributed by atoms with van der Waals surface area (Å²) in [4.78, 5) is 0. The predicted octanol–water partition coefficient (Wildman–Crippen LogP) is 0.155. The number of nitrogens with two attached hydrogens (primary N) is 1. The largest absolute Gasteiger partial charge is 0.330 e. The molecule has 4 nitrogen and oxygen atoms in total. The lowest BCUT2D eigenvalue weighted by atomic mass is 10.2. The molecule has 0 saturated heterocycles. The highest BCUT2D eigenvalue weighted by Crippen LogP contribution is 2.00. The van der Waals surface area contributed by atoms with Crippen LogP contribution in [0.2, 0.25) is 0 Å². The van der Waals surface area contributed by atoms with Gasteiger partial charge < -0.3 is 5.73 Å². The van der Waals surface area contributed by atoms with Gasteiger partial charge in [0, 0.05) is 28.1 Å². The van der Waals surface area contributed by atoms with Crippen LogP contribution >= 0.6 is 0 Å². The first kappa shape index (κ1) is 15.1. The zero-order valence-electron chi connectivity index (χ0n) is 9.44. The quantitative estimate of drug-likeness (QED) is 0.670. The summed E-state index contributed by atoms with van der Waals surface area (Å²) in [6.07, 6.45) is 0.486. The van der Waals surface area contributed by atoms with E-state index in [2.05, 4.69) is 0 Å². The molecule has 0 aliphatic heterocycles. The fourth-order valence-electron chi connectivity index (χ4n) is 1.05. The smallest absolute Gasteiger partial charge is 0.150 e. The van der Waals surface area contributed by atoms with Crippen LogP contribution in [-0.2, 0) is 20.6 Å². The van der Waals surface area contributed by atoms with Crippen LogP contribution in [0.5, 0.6) is 0 Å². The van der Waals surface area contributed by atoms with Crippen molar-refractivity contribution < 1.29 is 12.6 Å². The summed E-state index contributed by atoms with van der Waals surface area (Å²) in [7, 11) is -3.84. The molecule has 92 valence electrons. The van der Waals surface area contributed by atoms with Crippen molar-refractivity contribution in [2.75, 3.05) is 29.6 Å². The van der Waals surface area contributed by atoms with Gasteiger partial charge in [0.25, 0.3) is 0 Å². The van der Waals surface area contributed by atoms with Crippen molar-refractivity contribution in [2.24, 2.45) is 11.7 Å². The lowest BCUT2D eigenvalue weighted by Gasteiger charge is -2.07. The minimum Gasteiger partial charge on any atom is -0.330 e. The maximum Gasteiger partial charge on any atom is 0.150 e. The minimum atomic E-state index is -2.91. The van der Waals surface area contributed by atoms with Crippen LogP contribution in [0.25, 0.3) is 0 Å². The van der Waals surface area contributed by atoms with E-state index in [1.807, 2.05) is 6.92 Å². The van der Waals surface area contributed by atoms with Crippen LogP contribution < -0.4 is 5.73 Å². The summed E-state index contributed by atoms with van der Waals surface area (Å²) in [5.41, 5.74) is 5.41. The number of rotatable bonds is 8. The summed E-state index contributed by atoms with van der Waals surface area (Å²) in [5, 5.41) is 0. The molecule has 0 aromatic carbocycles. The molecule has 0 aromatic rings. The van der Waals surface area contributed by atoms with Crippen molar-refractivity contribution in [3.63, 3.8) is 0 Å². The van der Waals surface area contributed by atoms with Crippen LogP contribution in [0.15, 0.2) is 0 Å². The molecule has 0 rings (SSSR count). The topological polar surface area (TPSA) is 77.2 Å². The van der Waals surface area contributed by atoms with Crippen LogP contribution in [0.4, 0.5) is 0 Å². The Balaban J connectivity index is 3.74. The maximum absolute atomic E-state index is 11.4. The summed E-state index contributed by atoms with van der Waals surface area (Å²) >= 11 is 0. The standard InChI is InChI=1S/C9H21NO3S2/c1-3-15(12,13)6-4-5-14(11)8-9(2)7-10/h9H,3-8,10H2,1-2H3. The summed E-state index contributed by atoms with van der Waals surface area (Å²) in [5.74, 6) is 1.59. The molecule has 0 aliphatic rings. The van der Waals surface area contributed by atoms with E-state index < -0.39 is 20.6 Å². The molecule has 6 heteroatoms. The SMILES string of the molecule is CCS(=O)(=O)CCCS(=O)CC(C)CN. The van der Waals surface area contributed by atoms with Gasteiger partial charge in [0.15, 0.2) is 0 Å². The van der Waals surface area contributed by atoms with Crippen LogP contribution in [0.1, 0.15) is 20.3 Å². The summed E-state index contributed by atoms with van der Waals surface area (Å²) in [6.45, 7) is 4.10. The first-order chi connectivity index (χ1) is 6.91. The average molecular weight is 255 g/mol. The van der Waals surface area contributed by atoms with Gasteiger partial charge in [-0.2, -0.15) is 0 Å². The summed E-state index contributed by atoms with van der Waals surface area (Å²) in [6, 6.07) is 0. The van der Waals surface area contributed by atoms with Gasteiger partial charge in [-0.15, -0.1) is 0 Å². The van der Waals surface area contributed by atoms with E-state index in [1.54, 1.807) is 6.92 Å². The lowest BCUT2D eigenvalue weighted by Crippen LogP contribution is -2.20. The van der Waals surface area contributed by atoms with Gasteiger partial charge in [0.2, 0.25) is 0 Å². The van der Waals surface area contributed by atoms with Gasteiger partial charge in [-0.3, -0.25) is 4.21 Å². The zero-order valence-corrected chi connectivity index (χ0v) is 11.1. The highest BCUT2D eigenvalue weighted by molar-refractivity contribution is 7.91. The second-order valence-electron chi connectivity index (χ2n) is 3.74. The molecule has 15 heavy (non-hydrogen) atoms. The molecule has 2 unspecified atom stereocenters. The van der Waals surface area contributed by atoms with Gasteiger partial charge in [0.05, 0.1) is 5.75 Å². The second kappa shape index (κ2) is 7.35. The van der Waals surface area contributed by atoms with Crippen LogP contribution in [0, 0.1) is 5.92 Å². The van der Waals surface area contributed by atoms with E-state index in [1.165, 1.54) is 0 Å². The van der Waals surface area contributed by atoms with Crippen molar-refractivity contribution in [3.05, 3.63) is 0 Å². The fourth-order valence-corrected chi connectivity index (χ4v) is 3.51. The Bertz CT molecular complexity index is 288. The highest BCUT2D eigenvalue weighted by Gasteiger charge is 2.10. The van der Waals surface area contributed by atoms with E-state index in [4.69, 9.17) is 5.73 Å². The molecular formula is C9H21NO3S2. The third-order valence-corrected chi connectivity index (χ3v) is 5.62. The predicted molar refractivity (Wildman–Crippen MR) is 65.0 cm³/mol. The Hall–Kier alpha value is 0.0600. The molecule has 0 saturated carbocycles. The minimum absolute atomic E-state index is 0.145. The van der Waals surface area contributed by atoms with Crippen molar-refractivity contribution in [1.82, 2.24) is 0 Å². The van der Waals surface area contributed by atoms with E-state index in [9.17, 15) is 12.6 Å². The van der Waals surface area contributed by atoms with Gasteiger partial charge in [-0.05, 0) is 18.9 Å². The van der Waals surface area contributed by atoms with Crippen LogP contribution in [0.3, 0.4) is 0 Å². The fraction of sp³-hybridized carbons (Fsp3) is 1.00. The van der Waals surface area contributed by atoms with E-state index in [0.717, 1.165) is 0 Å². The van der Waals surface area contributed by atoms with Gasteiger partial charge in [0.1, 0.15) is 9.84 Å². The third-order valence-electron chi connectivity index (χ3n) is 2.14. The summed E-state index contributed by atoms with van der Waals surface area (Å²) < 4.78 is 33.7. The number of sulfone groups is 1. The van der Waals surface area contributed by atoms with Crippen molar-refractivity contribution in [3.8, 4) is 0 Å². The van der Waals surface area contributed by atoms with E-state index in [0.29, 0.717) is 24.5 Å². The molecule has 0 fully saturated rings. The highest BCUT2D eigenvalue weighted by atomic mass is 32.2. The van der Waals surface area contributed by atoms with E-state index in [-0.39, 0.29) is 17.4 Å². The Morgan fingerprint density at radius 2 is 2.00 bits per heavy atom. The molecule has 2 N–H and O–H groups in total. The Morgan fingerprint density at radius 3 is 2.47 bits per heavy atom. The molecule has 0 bridgehead atoms. The molecule has 0 aromatic heterocycles. The molecule has 2 atom stereocenters. The Kier molecular flexibility index (Phi) is 7.38. The molecular weight excluding hydrogens is 234 g/mol. The normalized spacial score (nSPS) is 16.2. The monoisotopic (exact) mass is 255 g/mol. The van der Waals surface area contributed by atoms with Crippen molar-refractivity contribution in [1.29, 1.82) is 0 Å². The first-order valence-electron chi connectivity index (χ1n) is 5.16. The molecule has 0 heterocycles. The second-order valence-corrected chi connectivity index (χ2v) is 7.84. The molecule has 0 amide bonds. The Labute approximate surface area is 95.0 Å². The van der Waals surface area contributed by atoms with Gasteiger partial charge in [-0.25, -0.2) is 8.42 Å². The zero-order chi connectivity index (χ0) is 11.9. The molecule has 0 spiro atoms.